The summed E-state index contributed by atoms with van der Waals surface area (Å²) in [5.74, 6) is 1.03. The minimum absolute atomic E-state index is 0.358. The first kappa shape index (κ1) is 20.4. The van der Waals surface area contributed by atoms with Crippen LogP contribution in [-0.2, 0) is 17.3 Å². The summed E-state index contributed by atoms with van der Waals surface area (Å²) in [4.78, 5) is 20.6. The van der Waals surface area contributed by atoms with E-state index in [1.807, 2.05) is 58.4 Å². The van der Waals surface area contributed by atoms with Crippen molar-refractivity contribution in [3.63, 3.8) is 0 Å². The molecule has 0 bridgehead atoms. The van der Waals surface area contributed by atoms with Crippen molar-refractivity contribution in [2.75, 3.05) is 5.32 Å². The van der Waals surface area contributed by atoms with Gasteiger partial charge in [-0.3, -0.25) is 0 Å². The van der Waals surface area contributed by atoms with E-state index in [0.29, 0.717) is 17.1 Å². The summed E-state index contributed by atoms with van der Waals surface area (Å²) in [5.41, 5.74) is 0.865. The molecule has 1 N–H and O–H groups in total. The van der Waals surface area contributed by atoms with Crippen molar-refractivity contribution in [3.05, 3.63) is 54.2 Å². The average molecular weight is 394 g/mol. The highest BCUT2D eigenvalue weighted by molar-refractivity contribution is 5.90. The van der Waals surface area contributed by atoms with Crippen LogP contribution in [0.4, 0.5) is 5.69 Å². The number of anilines is 1. The number of esters is 1. The van der Waals surface area contributed by atoms with Gasteiger partial charge in [0.25, 0.3) is 0 Å². The van der Waals surface area contributed by atoms with Crippen LogP contribution >= 0.6 is 0 Å². The number of nitrogens with one attached hydrogen (secondary N) is 1. The van der Waals surface area contributed by atoms with Crippen molar-refractivity contribution in [1.82, 2.24) is 24.7 Å². The van der Waals surface area contributed by atoms with Gasteiger partial charge >= 0.3 is 5.97 Å². The SMILES string of the molecule is Cn1c(-c2ccncn2)nnc1C(C)(C)Nc1cccc(C(=O)OC(C)(C)C)c1. The fourth-order valence-corrected chi connectivity index (χ4v) is 3.00. The van der Waals surface area contributed by atoms with Crippen LogP contribution in [-0.4, -0.2) is 36.3 Å². The summed E-state index contributed by atoms with van der Waals surface area (Å²) in [7, 11) is 1.90. The molecule has 0 spiro atoms. The molecule has 0 aliphatic carbocycles. The standard InChI is InChI=1S/C21H26N6O2/c1-20(2,3)29-18(28)14-8-7-9-15(12-14)24-21(4,5)19-26-25-17(27(19)6)16-10-11-22-13-23-16/h7-13,24H,1-6H3. The lowest BCUT2D eigenvalue weighted by atomic mass is 10.0. The molecule has 0 unspecified atom stereocenters. The van der Waals surface area contributed by atoms with Crippen LogP contribution < -0.4 is 5.32 Å². The Morgan fingerprint density at radius 3 is 2.52 bits per heavy atom. The predicted octanol–water partition coefficient (Wildman–Crippen LogP) is 3.57. The molecule has 0 aliphatic rings. The highest BCUT2D eigenvalue weighted by Crippen LogP contribution is 2.27. The van der Waals surface area contributed by atoms with Crippen molar-refractivity contribution in [1.29, 1.82) is 0 Å². The second-order valence-electron chi connectivity index (χ2n) is 8.33. The largest absolute Gasteiger partial charge is 0.456 e. The topological polar surface area (TPSA) is 94.8 Å². The molecule has 152 valence electrons. The van der Waals surface area contributed by atoms with Gasteiger partial charge in [-0.25, -0.2) is 14.8 Å². The Morgan fingerprint density at radius 2 is 1.86 bits per heavy atom. The van der Waals surface area contributed by atoms with E-state index in [4.69, 9.17) is 4.74 Å². The van der Waals surface area contributed by atoms with E-state index in [1.165, 1.54) is 6.33 Å². The molecular weight excluding hydrogens is 368 g/mol. The molecule has 2 aromatic heterocycles. The van der Waals surface area contributed by atoms with E-state index >= 15 is 0 Å². The van der Waals surface area contributed by atoms with Gasteiger partial charge < -0.3 is 14.6 Å². The zero-order valence-corrected chi connectivity index (χ0v) is 17.6. The number of rotatable bonds is 5. The van der Waals surface area contributed by atoms with Gasteiger partial charge in [-0.15, -0.1) is 10.2 Å². The molecular formula is C21H26N6O2. The molecule has 0 saturated carbocycles. The molecule has 3 aromatic rings. The van der Waals surface area contributed by atoms with Gasteiger partial charge in [0, 0.05) is 18.9 Å². The zero-order valence-electron chi connectivity index (χ0n) is 17.6. The fraction of sp³-hybridized carbons (Fsp3) is 0.381. The number of ether oxygens (including phenoxy) is 1. The summed E-state index contributed by atoms with van der Waals surface area (Å²) in [6, 6.07) is 9.02. The lowest BCUT2D eigenvalue weighted by Gasteiger charge is -2.27. The first-order valence-corrected chi connectivity index (χ1v) is 9.35. The minimum Gasteiger partial charge on any atom is -0.456 e. The van der Waals surface area contributed by atoms with E-state index in [1.54, 1.807) is 24.4 Å². The number of aromatic nitrogens is 5. The van der Waals surface area contributed by atoms with Crippen molar-refractivity contribution >= 4 is 11.7 Å². The van der Waals surface area contributed by atoms with Crippen LogP contribution in [0.25, 0.3) is 11.5 Å². The summed E-state index contributed by atoms with van der Waals surface area (Å²) >= 11 is 0. The second-order valence-corrected chi connectivity index (χ2v) is 8.33. The smallest absolute Gasteiger partial charge is 0.338 e. The van der Waals surface area contributed by atoms with Gasteiger partial charge in [-0.05, 0) is 58.9 Å². The Bertz CT molecular complexity index is 1010. The van der Waals surface area contributed by atoms with Gasteiger partial charge in [-0.1, -0.05) is 6.07 Å². The normalized spacial score (nSPS) is 11.9. The van der Waals surface area contributed by atoms with Crippen molar-refractivity contribution in [3.8, 4) is 11.5 Å². The predicted molar refractivity (Wildman–Crippen MR) is 110 cm³/mol. The number of carbonyl (C=O) groups is 1. The quantitative estimate of drug-likeness (QED) is 0.661. The Balaban J connectivity index is 1.84. The van der Waals surface area contributed by atoms with E-state index < -0.39 is 11.1 Å². The zero-order chi connectivity index (χ0) is 21.2. The van der Waals surface area contributed by atoms with Gasteiger partial charge in [0.1, 0.15) is 17.6 Å². The number of hydrogen-bond donors (Lipinski definition) is 1. The van der Waals surface area contributed by atoms with Gasteiger partial charge in [0.05, 0.1) is 11.1 Å². The number of benzene rings is 1. The Morgan fingerprint density at radius 1 is 1.10 bits per heavy atom. The molecule has 0 fully saturated rings. The van der Waals surface area contributed by atoms with Crippen LogP contribution in [0.2, 0.25) is 0 Å². The van der Waals surface area contributed by atoms with Crippen LogP contribution in [0.1, 0.15) is 50.8 Å². The van der Waals surface area contributed by atoms with Crippen molar-refractivity contribution in [2.24, 2.45) is 7.05 Å². The van der Waals surface area contributed by atoms with Crippen LogP contribution in [0, 0.1) is 0 Å². The molecule has 0 amide bonds. The highest BCUT2D eigenvalue weighted by Gasteiger charge is 2.28. The Labute approximate surface area is 170 Å². The summed E-state index contributed by atoms with van der Waals surface area (Å²) in [6.45, 7) is 9.54. The molecule has 2 heterocycles. The molecule has 0 radical (unpaired) electrons. The first-order chi connectivity index (χ1) is 13.6. The minimum atomic E-state index is -0.556. The van der Waals surface area contributed by atoms with E-state index in [2.05, 4.69) is 25.5 Å². The van der Waals surface area contributed by atoms with Gasteiger partial charge in [-0.2, -0.15) is 0 Å². The number of hydrogen-bond acceptors (Lipinski definition) is 7. The molecule has 8 nitrogen and oxygen atoms in total. The Kier molecular flexibility index (Phi) is 5.37. The first-order valence-electron chi connectivity index (χ1n) is 9.35. The molecule has 1 aromatic carbocycles. The molecule has 0 atom stereocenters. The third-order valence-electron chi connectivity index (χ3n) is 4.20. The van der Waals surface area contributed by atoms with Crippen molar-refractivity contribution < 1.29 is 9.53 Å². The molecule has 0 aliphatic heterocycles. The lowest BCUT2D eigenvalue weighted by Crippen LogP contribution is -2.31. The summed E-state index contributed by atoms with van der Waals surface area (Å²) < 4.78 is 7.36. The Hall–Kier alpha value is -3.29. The molecule has 3 rings (SSSR count). The summed E-state index contributed by atoms with van der Waals surface area (Å²) in [5, 5.41) is 12.1. The van der Waals surface area contributed by atoms with Crippen molar-refractivity contribution in [2.45, 2.75) is 45.8 Å². The number of nitrogens with zero attached hydrogens (tertiary/aromatic N) is 5. The van der Waals surface area contributed by atoms with Gasteiger partial charge in [0.15, 0.2) is 11.6 Å². The van der Waals surface area contributed by atoms with E-state index in [0.717, 1.165) is 11.5 Å². The third-order valence-corrected chi connectivity index (χ3v) is 4.20. The second kappa shape index (κ2) is 7.62. The lowest BCUT2D eigenvalue weighted by molar-refractivity contribution is 0.00695. The molecule has 0 saturated heterocycles. The maximum absolute atomic E-state index is 12.4. The molecule has 8 heteroatoms. The third kappa shape index (κ3) is 4.77. The fourth-order valence-electron chi connectivity index (χ4n) is 3.00. The van der Waals surface area contributed by atoms with Crippen LogP contribution in [0.15, 0.2) is 42.9 Å². The van der Waals surface area contributed by atoms with Gasteiger partial charge in [0.2, 0.25) is 0 Å². The highest BCUT2D eigenvalue weighted by atomic mass is 16.6. The average Bonchev–Trinajstić information content (AvgIpc) is 3.03. The molecule has 29 heavy (non-hydrogen) atoms. The van der Waals surface area contributed by atoms with E-state index in [9.17, 15) is 4.79 Å². The van der Waals surface area contributed by atoms with E-state index in [-0.39, 0.29) is 5.97 Å². The van der Waals surface area contributed by atoms with Crippen LogP contribution in [0.3, 0.4) is 0 Å². The maximum atomic E-state index is 12.4. The summed E-state index contributed by atoms with van der Waals surface area (Å²) in [6.07, 6.45) is 3.15. The maximum Gasteiger partial charge on any atom is 0.338 e. The van der Waals surface area contributed by atoms with Crippen LogP contribution in [0.5, 0.6) is 0 Å². The number of carbonyl (C=O) groups excluding carboxylic acids is 1. The monoisotopic (exact) mass is 394 g/mol.